The van der Waals surface area contributed by atoms with Crippen molar-refractivity contribution in [1.29, 1.82) is 0 Å². The molecule has 0 bridgehead atoms. The molecule has 0 amide bonds. The van der Waals surface area contributed by atoms with Crippen molar-refractivity contribution in [3.63, 3.8) is 0 Å². The van der Waals surface area contributed by atoms with Gasteiger partial charge < -0.3 is 15.3 Å². The number of anilines is 1. The summed E-state index contributed by atoms with van der Waals surface area (Å²) in [5, 5.41) is 24.4. The number of hydrogen-bond acceptors (Lipinski definition) is 6. The second-order valence-corrected chi connectivity index (χ2v) is 7.21. The third-order valence-electron chi connectivity index (χ3n) is 4.15. The Hall–Kier alpha value is -1.31. The van der Waals surface area contributed by atoms with E-state index in [9.17, 15) is 15.2 Å². The smallest absolute Gasteiger partial charge is 0.269 e. The highest BCUT2D eigenvalue weighted by Crippen LogP contribution is 2.23. The quantitative estimate of drug-likeness (QED) is 0.586. The third-order valence-corrected chi connectivity index (χ3v) is 5.06. The molecule has 6 nitrogen and oxygen atoms in total. The number of hydrogen-bond donors (Lipinski definition) is 2. The van der Waals surface area contributed by atoms with Gasteiger partial charge in [-0.25, -0.2) is 0 Å². The molecule has 1 heterocycles. The van der Waals surface area contributed by atoms with E-state index in [0.29, 0.717) is 12.6 Å². The van der Waals surface area contributed by atoms with Crippen molar-refractivity contribution < 1.29 is 10.0 Å². The Morgan fingerprint density at radius 2 is 2.00 bits per heavy atom. The molecule has 128 valence electrons. The molecule has 1 aromatic carbocycles. The van der Waals surface area contributed by atoms with Crippen molar-refractivity contribution >= 4 is 23.1 Å². The SMILES string of the molecule is CSCC(C)(O)CNC1CCN(c2ccc([N+](=O)[O-])cc2)CC1. The Morgan fingerprint density at radius 1 is 1.39 bits per heavy atom. The van der Waals surface area contributed by atoms with Crippen molar-refractivity contribution in [2.45, 2.75) is 31.4 Å². The van der Waals surface area contributed by atoms with Crippen LogP contribution in [-0.4, -0.2) is 53.3 Å². The second-order valence-electron chi connectivity index (χ2n) is 6.35. The number of aliphatic hydroxyl groups is 1. The standard InChI is InChI=1S/C16H25N3O3S/c1-16(20,12-23-2)11-17-13-7-9-18(10-8-13)14-3-5-15(6-4-14)19(21)22/h3-6,13,17,20H,7-12H2,1-2H3. The van der Waals surface area contributed by atoms with E-state index in [2.05, 4.69) is 10.2 Å². The van der Waals surface area contributed by atoms with Crippen LogP contribution >= 0.6 is 11.8 Å². The van der Waals surface area contributed by atoms with Crippen LogP contribution in [-0.2, 0) is 0 Å². The van der Waals surface area contributed by atoms with Gasteiger partial charge in [0.25, 0.3) is 5.69 Å². The van der Waals surface area contributed by atoms with Crippen LogP contribution in [0.15, 0.2) is 24.3 Å². The Kier molecular flexibility index (Phi) is 6.26. The largest absolute Gasteiger partial charge is 0.388 e. The van der Waals surface area contributed by atoms with Gasteiger partial charge in [-0.1, -0.05) is 0 Å². The lowest BCUT2D eigenvalue weighted by atomic mass is 10.0. The summed E-state index contributed by atoms with van der Waals surface area (Å²) in [4.78, 5) is 12.6. The van der Waals surface area contributed by atoms with Gasteiger partial charge in [-0.3, -0.25) is 10.1 Å². The predicted molar refractivity (Wildman–Crippen MR) is 95.3 cm³/mol. The number of non-ortho nitro benzene ring substituents is 1. The van der Waals surface area contributed by atoms with E-state index in [-0.39, 0.29) is 10.6 Å². The molecule has 0 radical (unpaired) electrons. The summed E-state index contributed by atoms with van der Waals surface area (Å²) < 4.78 is 0. The average molecular weight is 339 g/mol. The summed E-state index contributed by atoms with van der Waals surface area (Å²) in [5.41, 5.74) is 0.485. The van der Waals surface area contributed by atoms with Gasteiger partial charge in [0.05, 0.1) is 10.5 Å². The minimum atomic E-state index is -0.672. The fourth-order valence-electron chi connectivity index (χ4n) is 2.85. The topological polar surface area (TPSA) is 78.6 Å². The van der Waals surface area contributed by atoms with Gasteiger partial charge in [-0.2, -0.15) is 11.8 Å². The molecule has 0 aromatic heterocycles. The maximum absolute atomic E-state index is 10.7. The van der Waals surface area contributed by atoms with Crippen LogP contribution in [0.2, 0.25) is 0 Å². The van der Waals surface area contributed by atoms with Gasteiger partial charge in [-0.05, 0) is 38.2 Å². The molecule has 0 spiro atoms. The molecule has 1 aliphatic heterocycles. The van der Waals surface area contributed by atoms with E-state index in [1.165, 1.54) is 0 Å². The van der Waals surface area contributed by atoms with E-state index in [1.807, 2.05) is 25.3 Å². The molecule has 7 heteroatoms. The monoisotopic (exact) mass is 339 g/mol. The van der Waals surface area contributed by atoms with Crippen molar-refractivity contribution in [3.05, 3.63) is 34.4 Å². The molecule has 1 aromatic rings. The van der Waals surface area contributed by atoms with Gasteiger partial charge >= 0.3 is 0 Å². The van der Waals surface area contributed by atoms with Crippen LogP contribution in [0.5, 0.6) is 0 Å². The van der Waals surface area contributed by atoms with E-state index in [1.54, 1.807) is 23.9 Å². The number of nitro groups is 1. The minimum absolute atomic E-state index is 0.126. The number of nitrogens with zero attached hydrogens (tertiary/aromatic N) is 2. The Morgan fingerprint density at radius 3 is 2.52 bits per heavy atom. The molecule has 2 rings (SSSR count). The molecule has 2 N–H and O–H groups in total. The zero-order valence-corrected chi connectivity index (χ0v) is 14.5. The number of nitro benzene ring substituents is 1. The van der Waals surface area contributed by atoms with E-state index in [4.69, 9.17) is 0 Å². The van der Waals surface area contributed by atoms with Crippen LogP contribution in [0.3, 0.4) is 0 Å². The summed E-state index contributed by atoms with van der Waals surface area (Å²) in [5.74, 6) is 0.724. The summed E-state index contributed by atoms with van der Waals surface area (Å²) in [6.45, 7) is 4.30. The Balaban J connectivity index is 1.80. The summed E-state index contributed by atoms with van der Waals surface area (Å²) in [6.07, 6.45) is 4.01. The van der Waals surface area contributed by atoms with Gasteiger partial charge in [0.15, 0.2) is 0 Å². The van der Waals surface area contributed by atoms with Crippen LogP contribution in [0.25, 0.3) is 0 Å². The van der Waals surface area contributed by atoms with Crippen molar-refractivity contribution in [3.8, 4) is 0 Å². The van der Waals surface area contributed by atoms with Crippen molar-refractivity contribution in [2.75, 3.05) is 36.5 Å². The molecule has 1 saturated heterocycles. The first-order chi connectivity index (χ1) is 10.9. The van der Waals surface area contributed by atoms with E-state index < -0.39 is 5.60 Å². The maximum atomic E-state index is 10.7. The Bertz CT molecular complexity index is 514. The van der Waals surface area contributed by atoms with Crippen LogP contribution in [0.4, 0.5) is 11.4 Å². The maximum Gasteiger partial charge on any atom is 0.269 e. The van der Waals surface area contributed by atoms with Gasteiger partial charge in [0, 0.05) is 49.2 Å². The molecule has 23 heavy (non-hydrogen) atoms. The number of benzene rings is 1. The molecule has 1 fully saturated rings. The first-order valence-corrected chi connectivity index (χ1v) is 9.25. The zero-order chi connectivity index (χ0) is 16.9. The van der Waals surface area contributed by atoms with Crippen LogP contribution < -0.4 is 10.2 Å². The van der Waals surface area contributed by atoms with Gasteiger partial charge in [0.1, 0.15) is 0 Å². The van der Waals surface area contributed by atoms with Crippen LogP contribution in [0.1, 0.15) is 19.8 Å². The zero-order valence-electron chi connectivity index (χ0n) is 13.7. The number of rotatable bonds is 7. The lowest BCUT2D eigenvalue weighted by Crippen LogP contribution is -2.48. The molecule has 0 aliphatic carbocycles. The molecule has 1 aliphatic rings. The van der Waals surface area contributed by atoms with Gasteiger partial charge in [-0.15, -0.1) is 0 Å². The minimum Gasteiger partial charge on any atom is -0.388 e. The molecule has 1 unspecified atom stereocenters. The first kappa shape index (κ1) is 18.0. The lowest BCUT2D eigenvalue weighted by Gasteiger charge is -2.35. The number of piperidine rings is 1. The molecule has 0 saturated carbocycles. The first-order valence-electron chi connectivity index (χ1n) is 7.85. The summed E-state index contributed by atoms with van der Waals surface area (Å²) >= 11 is 1.65. The Labute approximate surface area is 141 Å². The lowest BCUT2D eigenvalue weighted by molar-refractivity contribution is -0.384. The molecule has 1 atom stereocenters. The van der Waals surface area contributed by atoms with Crippen molar-refractivity contribution in [1.82, 2.24) is 5.32 Å². The summed E-state index contributed by atoms with van der Waals surface area (Å²) in [7, 11) is 0. The van der Waals surface area contributed by atoms with E-state index in [0.717, 1.165) is 37.4 Å². The second kappa shape index (κ2) is 7.99. The summed E-state index contributed by atoms with van der Waals surface area (Å²) in [6, 6.07) is 7.15. The van der Waals surface area contributed by atoms with Crippen molar-refractivity contribution in [2.24, 2.45) is 0 Å². The highest BCUT2D eigenvalue weighted by molar-refractivity contribution is 7.98. The number of nitrogens with one attached hydrogen (secondary N) is 1. The molecular formula is C16H25N3O3S. The highest BCUT2D eigenvalue weighted by atomic mass is 32.2. The normalized spacial score (nSPS) is 18.7. The number of thioether (sulfide) groups is 1. The fourth-order valence-corrected chi connectivity index (χ4v) is 3.58. The van der Waals surface area contributed by atoms with Crippen LogP contribution in [0, 0.1) is 10.1 Å². The average Bonchev–Trinajstić information content (AvgIpc) is 2.53. The van der Waals surface area contributed by atoms with Gasteiger partial charge in [0.2, 0.25) is 0 Å². The molecular weight excluding hydrogens is 314 g/mol. The fraction of sp³-hybridized carbons (Fsp3) is 0.625. The predicted octanol–water partition coefficient (Wildman–Crippen LogP) is 2.27. The third kappa shape index (κ3) is 5.37. The van der Waals surface area contributed by atoms with E-state index >= 15 is 0 Å². The highest BCUT2D eigenvalue weighted by Gasteiger charge is 2.24.